The molecule has 0 unspecified atom stereocenters. The first-order chi connectivity index (χ1) is 7.58. The number of aryl methyl sites for hydroxylation is 1. The summed E-state index contributed by atoms with van der Waals surface area (Å²) >= 11 is 2.90. The summed E-state index contributed by atoms with van der Waals surface area (Å²) in [6.07, 6.45) is 0. The number of aromatic nitrogens is 4. The molecule has 0 saturated carbocycles. The van der Waals surface area contributed by atoms with Crippen molar-refractivity contribution in [1.82, 2.24) is 20.4 Å². The molecule has 0 spiro atoms. The first kappa shape index (κ1) is 11.0. The summed E-state index contributed by atoms with van der Waals surface area (Å²) in [6, 6.07) is 2.36. The molecule has 1 aromatic heterocycles. The average molecular weight is 287 g/mol. The predicted octanol–water partition coefficient (Wildman–Crippen LogP) is 2.28. The number of benzene rings is 1. The summed E-state index contributed by atoms with van der Waals surface area (Å²) < 4.78 is 26.1. The zero-order valence-corrected chi connectivity index (χ0v) is 9.66. The normalized spacial score (nSPS) is 10.5. The van der Waals surface area contributed by atoms with E-state index in [4.69, 9.17) is 0 Å². The van der Waals surface area contributed by atoms with Gasteiger partial charge in [0.1, 0.15) is 0 Å². The van der Waals surface area contributed by atoms with Crippen LogP contribution in [0.15, 0.2) is 16.6 Å². The summed E-state index contributed by atoms with van der Waals surface area (Å²) in [7, 11) is 0. The number of rotatable bonds is 1. The smallest absolute Gasteiger partial charge is 0.203 e. The van der Waals surface area contributed by atoms with E-state index < -0.39 is 11.6 Å². The van der Waals surface area contributed by atoms with Crippen molar-refractivity contribution in [1.29, 1.82) is 0 Å². The summed E-state index contributed by atoms with van der Waals surface area (Å²) in [6.45, 7) is 1.63. The third kappa shape index (κ3) is 2.04. The average Bonchev–Trinajstić information content (AvgIpc) is 2.26. The van der Waals surface area contributed by atoms with E-state index in [1.807, 2.05) is 0 Å². The lowest BCUT2D eigenvalue weighted by molar-refractivity contribution is 0.504. The highest BCUT2D eigenvalue weighted by Gasteiger charge is 2.12. The van der Waals surface area contributed by atoms with Gasteiger partial charge in [0.05, 0.1) is 4.47 Å². The SMILES string of the molecule is Cc1nnc(-c2cc(F)c(F)c(Br)c2)nn1. The molecule has 0 aliphatic rings. The van der Waals surface area contributed by atoms with Crippen LogP contribution in [0.4, 0.5) is 8.78 Å². The highest BCUT2D eigenvalue weighted by molar-refractivity contribution is 9.10. The van der Waals surface area contributed by atoms with Crippen LogP contribution in [0.25, 0.3) is 11.4 Å². The van der Waals surface area contributed by atoms with Gasteiger partial charge >= 0.3 is 0 Å². The van der Waals surface area contributed by atoms with Crippen LogP contribution < -0.4 is 0 Å². The van der Waals surface area contributed by atoms with Gasteiger partial charge in [0.2, 0.25) is 5.82 Å². The zero-order chi connectivity index (χ0) is 11.7. The van der Waals surface area contributed by atoms with Crippen LogP contribution in [0, 0.1) is 18.6 Å². The van der Waals surface area contributed by atoms with Gasteiger partial charge in [0.25, 0.3) is 0 Å². The Balaban J connectivity index is 2.52. The van der Waals surface area contributed by atoms with Crippen LogP contribution >= 0.6 is 15.9 Å². The summed E-state index contributed by atoms with van der Waals surface area (Å²) in [5.74, 6) is -1.37. The van der Waals surface area contributed by atoms with Gasteiger partial charge in [0, 0.05) is 5.56 Å². The van der Waals surface area contributed by atoms with Gasteiger partial charge in [-0.1, -0.05) is 0 Å². The standard InChI is InChI=1S/C9H5BrF2N4/c1-4-13-15-9(16-14-4)5-2-6(10)8(12)7(11)3-5/h2-3H,1H3. The first-order valence-corrected chi connectivity index (χ1v) is 5.06. The van der Waals surface area contributed by atoms with Crippen molar-refractivity contribution in [2.45, 2.75) is 6.92 Å². The molecule has 0 N–H and O–H groups in total. The van der Waals surface area contributed by atoms with Gasteiger partial charge < -0.3 is 0 Å². The Morgan fingerprint density at radius 3 is 2.25 bits per heavy atom. The van der Waals surface area contributed by atoms with Crippen molar-refractivity contribution in [3.05, 3.63) is 34.1 Å². The van der Waals surface area contributed by atoms with Gasteiger partial charge in [-0.15, -0.1) is 20.4 Å². The number of hydrogen-bond acceptors (Lipinski definition) is 4. The maximum absolute atomic E-state index is 13.1. The molecular weight excluding hydrogens is 282 g/mol. The molecule has 4 nitrogen and oxygen atoms in total. The van der Waals surface area contributed by atoms with Crippen LogP contribution in [0.2, 0.25) is 0 Å². The second-order valence-corrected chi connectivity index (χ2v) is 3.88. The van der Waals surface area contributed by atoms with E-state index in [2.05, 4.69) is 36.3 Å². The molecule has 1 heterocycles. The Morgan fingerprint density at radius 1 is 1.06 bits per heavy atom. The molecule has 0 radical (unpaired) electrons. The lowest BCUT2D eigenvalue weighted by Crippen LogP contribution is -1.99. The van der Waals surface area contributed by atoms with Crippen molar-refractivity contribution >= 4 is 15.9 Å². The zero-order valence-electron chi connectivity index (χ0n) is 8.08. The van der Waals surface area contributed by atoms with Crippen LogP contribution in [0.3, 0.4) is 0 Å². The Morgan fingerprint density at radius 2 is 1.69 bits per heavy atom. The van der Waals surface area contributed by atoms with E-state index in [0.717, 1.165) is 6.07 Å². The number of nitrogens with zero attached hydrogens (tertiary/aromatic N) is 4. The van der Waals surface area contributed by atoms with Crippen LogP contribution in [-0.4, -0.2) is 20.4 Å². The molecule has 2 aromatic rings. The van der Waals surface area contributed by atoms with Crippen LogP contribution in [-0.2, 0) is 0 Å². The fourth-order valence-corrected chi connectivity index (χ4v) is 1.52. The number of hydrogen-bond donors (Lipinski definition) is 0. The molecule has 7 heteroatoms. The molecule has 0 aliphatic heterocycles. The summed E-state index contributed by atoms with van der Waals surface area (Å²) in [5.41, 5.74) is 0.311. The predicted molar refractivity (Wildman–Crippen MR) is 55.4 cm³/mol. The highest BCUT2D eigenvalue weighted by Crippen LogP contribution is 2.24. The van der Waals surface area contributed by atoms with Gasteiger partial charge in [0.15, 0.2) is 17.5 Å². The number of halogens is 3. The van der Waals surface area contributed by atoms with E-state index >= 15 is 0 Å². The van der Waals surface area contributed by atoms with Gasteiger partial charge in [-0.25, -0.2) is 8.78 Å². The third-order valence-corrected chi connectivity index (χ3v) is 2.40. The van der Waals surface area contributed by atoms with Gasteiger partial charge in [-0.05, 0) is 35.0 Å². The fraction of sp³-hybridized carbons (Fsp3) is 0.111. The molecular formula is C9H5BrF2N4. The monoisotopic (exact) mass is 286 g/mol. The maximum Gasteiger partial charge on any atom is 0.203 e. The largest absolute Gasteiger partial charge is 0.204 e. The third-order valence-electron chi connectivity index (χ3n) is 1.82. The quantitative estimate of drug-likeness (QED) is 0.755. The lowest BCUT2D eigenvalue weighted by Gasteiger charge is -2.01. The van der Waals surface area contributed by atoms with E-state index in [0.29, 0.717) is 11.4 Å². The van der Waals surface area contributed by atoms with E-state index in [-0.39, 0.29) is 10.3 Å². The second kappa shape index (κ2) is 4.17. The molecule has 16 heavy (non-hydrogen) atoms. The van der Waals surface area contributed by atoms with Gasteiger partial charge in [-0.2, -0.15) is 0 Å². The van der Waals surface area contributed by atoms with Crippen molar-refractivity contribution in [3.8, 4) is 11.4 Å². The Bertz CT molecular complexity index is 507. The van der Waals surface area contributed by atoms with Crippen molar-refractivity contribution in [2.75, 3.05) is 0 Å². The molecule has 0 atom stereocenters. The summed E-state index contributed by atoms with van der Waals surface area (Å²) in [5, 5.41) is 14.8. The van der Waals surface area contributed by atoms with Crippen molar-refractivity contribution < 1.29 is 8.78 Å². The Kier molecular flexibility index (Phi) is 2.86. The molecule has 82 valence electrons. The molecule has 0 saturated heterocycles. The first-order valence-electron chi connectivity index (χ1n) is 4.27. The molecule has 1 aromatic carbocycles. The van der Waals surface area contributed by atoms with E-state index in [1.165, 1.54) is 6.07 Å². The minimum Gasteiger partial charge on any atom is -0.204 e. The lowest BCUT2D eigenvalue weighted by atomic mass is 10.2. The minimum atomic E-state index is -0.978. The Hall–Kier alpha value is -1.50. The molecule has 0 fully saturated rings. The highest BCUT2D eigenvalue weighted by atomic mass is 79.9. The minimum absolute atomic E-state index is 0.00618. The summed E-state index contributed by atoms with van der Waals surface area (Å²) in [4.78, 5) is 0. The Labute approximate surface area is 97.9 Å². The van der Waals surface area contributed by atoms with E-state index in [9.17, 15) is 8.78 Å². The van der Waals surface area contributed by atoms with Crippen LogP contribution in [0.5, 0.6) is 0 Å². The van der Waals surface area contributed by atoms with Crippen molar-refractivity contribution in [3.63, 3.8) is 0 Å². The molecule has 0 aliphatic carbocycles. The van der Waals surface area contributed by atoms with Crippen LogP contribution in [0.1, 0.15) is 5.82 Å². The molecule has 0 amide bonds. The topological polar surface area (TPSA) is 51.6 Å². The molecule has 0 bridgehead atoms. The van der Waals surface area contributed by atoms with Crippen molar-refractivity contribution in [2.24, 2.45) is 0 Å². The van der Waals surface area contributed by atoms with E-state index in [1.54, 1.807) is 6.92 Å². The van der Waals surface area contributed by atoms with Gasteiger partial charge in [-0.3, -0.25) is 0 Å². The fourth-order valence-electron chi connectivity index (χ4n) is 1.08. The molecule has 2 rings (SSSR count). The maximum atomic E-state index is 13.1. The second-order valence-electron chi connectivity index (χ2n) is 3.02.